The third-order valence-electron chi connectivity index (χ3n) is 3.67. The number of amides is 1. The van der Waals surface area contributed by atoms with Crippen LogP contribution in [-0.4, -0.2) is 30.7 Å². The topological polar surface area (TPSA) is 46.6 Å². The number of aldehydes is 1. The van der Waals surface area contributed by atoms with Crippen molar-refractivity contribution < 1.29 is 14.3 Å². The van der Waals surface area contributed by atoms with Crippen molar-refractivity contribution in [1.29, 1.82) is 0 Å². The molecule has 0 bridgehead atoms. The summed E-state index contributed by atoms with van der Waals surface area (Å²) < 4.78 is 5.46. The van der Waals surface area contributed by atoms with E-state index in [-0.39, 0.29) is 12.5 Å². The average molecular weight is 311 g/mol. The number of benzene rings is 2. The van der Waals surface area contributed by atoms with Crippen molar-refractivity contribution in [2.24, 2.45) is 0 Å². The number of hydrogen-bond acceptors (Lipinski definition) is 3. The van der Waals surface area contributed by atoms with Gasteiger partial charge in [-0.2, -0.15) is 0 Å². The molecule has 0 aliphatic rings. The van der Waals surface area contributed by atoms with Crippen LogP contribution in [0.25, 0.3) is 0 Å². The molecule has 2 aromatic carbocycles. The molecule has 0 saturated carbocycles. The number of para-hydroxylation sites is 1. The Bertz CT molecular complexity index is 665. The van der Waals surface area contributed by atoms with E-state index >= 15 is 0 Å². The number of likely N-dealkylation sites (N-methyl/N-ethyl adjacent to an activating group) is 1. The molecule has 0 saturated heterocycles. The fourth-order valence-electron chi connectivity index (χ4n) is 2.20. The summed E-state index contributed by atoms with van der Waals surface area (Å²) in [7, 11) is 1.74. The Kier molecular flexibility index (Phi) is 5.92. The predicted octanol–water partition coefficient (Wildman–Crippen LogP) is 3.10. The molecule has 23 heavy (non-hydrogen) atoms. The molecule has 0 unspecified atom stereocenters. The van der Waals surface area contributed by atoms with Crippen molar-refractivity contribution in [3.05, 3.63) is 65.2 Å². The van der Waals surface area contributed by atoms with Crippen LogP contribution in [0.5, 0.6) is 5.75 Å². The van der Waals surface area contributed by atoms with Gasteiger partial charge in [0.1, 0.15) is 5.75 Å². The molecule has 0 atom stereocenters. The minimum Gasteiger partial charge on any atom is -0.483 e. The summed E-state index contributed by atoms with van der Waals surface area (Å²) >= 11 is 0. The molecule has 120 valence electrons. The first kappa shape index (κ1) is 16.7. The standard InChI is InChI=1S/C19H21NO3/c1-3-15-8-10-16(11-9-15)12-20(2)19(22)14-23-18-7-5-4-6-17(18)13-21/h4-11,13H,3,12,14H2,1-2H3. The second-order valence-electron chi connectivity index (χ2n) is 5.36. The average Bonchev–Trinajstić information content (AvgIpc) is 2.60. The molecule has 0 radical (unpaired) electrons. The molecule has 0 spiro atoms. The Balaban J connectivity index is 1.90. The SMILES string of the molecule is CCc1ccc(CN(C)C(=O)COc2ccccc2C=O)cc1. The first-order chi connectivity index (χ1) is 11.1. The molecular formula is C19H21NO3. The first-order valence-electron chi connectivity index (χ1n) is 7.62. The maximum atomic E-state index is 12.2. The van der Waals surface area contributed by atoms with Gasteiger partial charge in [-0.25, -0.2) is 0 Å². The smallest absolute Gasteiger partial charge is 0.260 e. The van der Waals surface area contributed by atoms with E-state index in [1.807, 2.05) is 12.1 Å². The number of nitrogens with zero attached hydrogens (tertiary/aromatic N) is 1. The van der Waals surface area contributed by atoms with Crippen molar-refractivity contribution >= 4 is 12.2 Å². The summed E-state index contributed by atoms with van der Waals surface area (Å²) in [4.78, 5) is 24.7. The fraction of sp³-hybridized carbons (Fsp3) is 0.263. The molecule has 0 aromatic heterocycles. The lowest BCUT2D eigenvalue weighted by atomic mass is 10.1. The largest absolute Gasteiger partial charge is 0.483 e. The molecule has 0 N–H and O–H groups in total. The van der Waals surface area contributed by atoms with E-state index in [1.54, 1.807) is 36.2 Å². The van der Waals surface area contributed by atoms with E-state index < -0.39 is 0 Å². The lowest BCUT2D eigenvalue weighted by Crippen LogP contribution is -2.31. The quantitative estimate of drug-likeness (QED) is 0.738. The van der Waals surface area contributed by atoms with Crippen LogP contribution in [0.4, 0.5) is 0 Å². The van der Waals surface area contributed by atoms with Crippen molar-refractivity contribution in [3.63, 3.8) is 0 Å². The third kappa shape index (κ3) is 4.68. The van der Waals surface area contributed by atoms with Crippen LogP contribution in [-0.2, 0) is 17.8 Å². The minimum atomic E-state index is -0.134. The zero-order chi connectivity index (χ0) is 16.7. The minimum absolute atomic E-state index is 0.0889. The van der Waals surface area contributed by atoms with Crippen molar-refractivity contribution in [1.82, 2.24) is 4.90 Å². The van der Waals surface area contributed by atoms with Crippen LogP contribution in [0.1, 0.15) is 28.4 Å². The monoisotopic (exact) mass is 311 g/mol. The van der Waals surface area contributed by atoms with Crippen LogP contribution in [0.2, 0.25) is 0 Å². The maximum absolute atomic E-state index is 12.2. The number of aryl methyl sites for hydroxylation is 1. The lowest BCUT2D eigenvalue weighted by molar-refractivity contribution is -0.132. The van der Waals surface area contributed by atoms with Crippen molar-refractivity contribution in [2.45, 2.75) is 19.9 Å². The van der Waals surface area contributed by atoms with Gasteiger partial charge in [-0.3, -0.25) is 9.59 Å². The zero-order valence-corrected chi connectivity index (χ0v) is 13.5. The Morgan fingerprint density at radius 3 is 2.39 bits per heavy atom. The summed E-state index contributed by atoms with van der Waals surface area (Å²) in [6, 6.07) is 15.1. The van der Waals surface area contributed by atoms with Crippen LogP contribution in [0.15, 0.2) is 48.5 Å². The van der Waals surface area contributed by atoms with Gasteiger partial charge in [-0.1, -0.05) is 43.3 Å². The van der Waals surface area contributed by atoms with Gasteiger partial charge in [0.05, 0.1) is 5.56 Å². The van der Waals surface area contributed by atoms with Crippen molar-refractivity contribution in [3.8, 4) is 5.75 Å². The highest BCUT2D eigenvalue weighted by atomic mass is 16.5. The van der Waals surface area contributed by atoms with Gasteiger partial charge >= 0.3 is 0 Å². The highest BCUT2D eigenvalue weighted by Crippen LogP contribution is 2.15. The van der Waals surface area contributed by atoms with Gasteiger partial charge in [0.25, 0.3) is 5.91 Å². The molecule has 2 rings (SSSR count). The highest BCUT2D eigenvalue weighted by Gasteiger charge is 2.11. The van der Waals surface area contributed by atoms with E-state index in [0.717, 1.165) is 18.3 Å². The zero-order valence-electron chi connectivity index (χ0n) is 13.5. The summed E-state index contributed by atoms with van der Waals surface area (Å²) in [5.74, 6) is 0.293. The molecule has 0 heterocycles. The van der Waals surface area contributed by atoms with Crippen molar-refractivity contribution in [2.75, 3.05) is 13.7 Å². The highest BCUT2D eigenvalue weighted by molar-refractivity contribution is 5.80. The Labute approximate surface area is 136 Å². The van der Waals surface area contributed by atoms with E-state index in [1.165, 1.54) is 5.56 Å². The van der Waals surface area contributed by atoms with Gasteiger partial charge in [0.2, 0.25) is 0 Å². The van der Waals surface area contributed by atoms with Gasteiger partial charge in [0.15, 0.2) is 12.9 Å². The molecule has 0 aliphatic carbocycles. The summed E-state index contributed by atoms with van der Waals surface area (Å²) in [5.41, 5.74) is 2.79. The summed E-state index contributed by atoms with van der Waals surface area (Å²) in [5, 5.41) is 0. The number of ether oxygens (including phenoxy) is 1. The van der Waals surface area contributed by atoms with E-state index in [0.29, 0.717) is 17.9 Å². The van der Waals surface area contributed by atoms with Crippen LogP contribution >= 0.6 is 0 Å². The molecule has 4 heteroatoms. The maximum Gasteiger partial charge on any atom is 0.260 e. The van der Waals surface area contributed by atoms with Gasteiger partial charge < -0.3 is 9.64 Å². The fourth-order valence-corrected chi connectivity index (χ4v) is 2.20. The second-order valence-corrected chi connectivity index (χ2v) is 5.36. The van der Waals surface area contributed by atoms with Crippen LogP contribution in [0.3, 0.4) is 0 Å². The second kappa shape index (κ2) is 8.13. The Morgan fingerprint density at radius 2 is 1.74 bits per heavy atom. The van der Waals surface area contributed by atoms with Gasteiger partial charge in [0, 0.05) is 13.6 Å². The van der Waals surface area contributed by atoms with E-state index in [4.69, 9.17) is 4.74 Å². The summed E-state index contributed by atoms with van der Waals surface area (Å²) in [6.45, 7) is 2.55. The predicted molar refractivity (Wildman–Crippen MR) is 89.6 cm³/mol. The lowest BCUT2D eigenvalue weighted by Gasteiger charge is -2.18. The summed E-state index contributed by atoms with van der Waals surface area (Å²) in [6.07, 6.45) is 1.72. The molecule has 1 amide bonds. The van der Waals surface area contributed by atoms with E-state index in [9.17, 15) is 9.59 Å². The molecule has 4 nitrogen and oxygen atoms in total. The first-order valence-corrected chi connectivity index (χ1v) is 7.62. The number of carbonyl (C=O) groups excluding carboxylic acids is 2. The molecule has 0 fully saturated rings. The molecule has 0 aliphatic heterocycles. The number of hydrogen-bond donors (Lipinski definition) is 0. The van der Waals surface area contributed by atoms with Crippen LogP contribution < -0.4 is 4.74 Å². The number of rotatable bonds is 7. The number of carbonyl (C=O) groups is 2. The normalized spacial score (nSPS) is 10.2. The van der Waals surface area contributed by atoms with Gasteiger partial charge in [-0.15, -0.1) is 0 Å². The van der Waals surface area contributed by atoms with E-state index in [2.05, 4.69) is 19.1 Å². The molecule has 2 aromatic rings. The van der Waals surface area contributed by atoms with Gasteiger partial charge in [-0.05, 0) is 29.7 Å². The molecular weight excluding hydrogens is 290 g/mol. The van der Waals surface area contributed by atoms with Crippen LogP contribution in [0, 0.1) is 0 Å². The third-order valence-corrected chi connectivity index (χ3v) is 3.67. The Hall–Kier alpha value is -2.62. The Morgan fingerprint density at radius 1 is 1.09 bits per heavy atom.